The van der Waals surface area contributed by atoms with Crippen LogP contribution in [0.15, 0.2) is 18.2 Å². The molecule has 0 spiro atoms. The summed E-state index contributed by atoms with van der Waals surface area (Å²) in [5.74, 6) is 0.578. The van der Waals surface area contributed by atoms with Crippen LogP contribution >= 0.6 is 23.2 Å². The van der Waals surface area contributed by atoms with E-state index in [-0.39, 0.29) is 5.92 Å². The summed E-state index contributed by atoms with van der Waals surface area (Å²) in [6, 6.07) is 5.27. The van der Waals surface area contributed by atoms with Gasteiger partial charge in [0, 0.05) is 11.6 Å². The molecule has 0 saturated heterocycles. The van der Waals surface area contributed by atoms with E-state index in [9.17, 15) is 4.79 Å². The summed E-state index contributed by atoms with van der Waals surface area (Å²) < 4.78 is 4.73. The van der Waals surface area contributed by atoms with E-state index in [1.165, 1.54) is 0 Å². The van der Waals surface area contributed by atoms with Crippen molar-refractivity contribution in [2.24, 2.45) is 0 Å². The quantitative estimate of drug-likeness (QED) is 0.715. The monoisotopic (exact) mass is 232 g/mol. The van der Waals surface area contributed by atoms with Gasteiger partial charge in [0.25, 0.3) is 0 Å². The van der Waals surface area contributed by atoms with E-state index in [0.717, 1.165) is 5.56 Å². The number of ether oxygens (including phenoxy) is 1. The van der Waals surface area contributed by atoms with Gasteiger partial charge in [-0.15, -0.1) is 0 Å². The Morgan fingerprint density at radius 1 is 1.43 bits per heavy atom. The largest absolute Gasteiger partial charge is 0.413 e. The normalized spacial score (nSPS) is 10.4. The molecule has 0 aliphatic heterocycles. The van der Waals surface area contributed by atoms with Crippen molar-refractivity contribution in [1.82, 2.24) is 0 Å². The molecule has 14 heavy (non-hydrogen) atoms. The van der Waals surface area contributed by atoms with Crippen LogP contribution in [-0.2, 0) is 0 Å². The number of hydrogen-bond donors (Lipinski definition) is 0. The number of halogens is 2. The fourth-order valence-corrected chi connectivity index (χ4v) is 1.60. The van der Waals surface area contributed by atoms with Crippen molar-refractivity contribution in [3.8, 4) is 5.75 Å². The van der Waals surface area contributed by atoms with Crippen molar-refractivity contribution in [3.63, 3.8) is 0 Å². The molecule has 0 saturated carbocycles. The standard InChI is InChI=1S/C10H10Cl2O2/c1-6(2)7-4-3-5-8(9(7)11)14-10(12)13/h3-6H,1-2H3. The molecule has 0 atom stereocenters. The van der Waals surface area contributed by atoms with Crippen LogP contribution in [0.1, 0.15) is 25.3 Å². The summed E-state index contributed by atoms with van der Waals surface area (Å²) in [7, 11) is 0. The fraction of sp³-hybridized carbons (Fsp3) is 0.300. The van der Waals surface area contributed by atoms with Gasteiger partial charge in [0.1, 0.15) is 0 Å². The Kier molecular flexibility index (Phi) is 3.78. The molecule has 0 aliphatic carbocycles. The highest BCUT2D eigenvalue weighted by atomic mass is 35.5. The number of rotatable bonds is 2. The second kappa shape index (κ2) is 4.67. The molecule has 2 nitrogen and oxygen atoms in total. The van der Waals surface area contributed by atoms with Crippen LogP contribution in [0.5, 0.6) is 5.75 Å². The van der Waals surface area contributed by atoms with E-state index < -0.39 is 5.43 Å². The number of benzene rings is 1. The predicted molar refractivity (Wildman–Crippen MR) is 57.4 cm³/mol. The van der Waals surface area contributed by atoms with Crippen molar-refractivity contribution in [2.45, 2.75) is 19.8 Å². The molecule has 0 amide bonds. The first-order valence-corrected chi connectivity index (χ1v) is 4.93. The lowest BCUT2D eigenvalue weighted by Gasteiger charge is -2.10. The third-order valence-electron chi connectivity index (χ3n) is 1.81. The highest BCUT2D eigenvalue weighted by Crippen LogP contribution is 2.32. The van der Waals surface area contributed by atoms with Crippen molar-refractivity contribution in [3.05, 3.63) is 28.8 Å². The molecule has 1 aromatic rings. The van der Waals surface area contributed by atoms with Crippen LogP contribution in [0.2, 0.25) is 5.02 Å². The molecule has 0 aromatic heterocycles. The Bertz CT molecular complexity index is 348. The van der Waals surface area contributed by atoms with E-state index >= 15 is 0 Å². The van der Waals surface area contributed by atoms with Crippen LogP contribution in [0.25, 0.3) is 0 Å². The van der Waals surface area contributed by atoms with Crippen molar-refractivity contribution < 1.29 is 9.53 Å². The molecule has 1 rings (SSSR count). The number of hydrogen-bond acceptors (Lipinski definition) is 2. The van der Waals surface area contributed by atoms with Gasteiger partial charge in [0.15, 0.2) is 5.75 Å². The van der Waals surface area contributed by atoms with Gasteiger partial charge in [-0.3, -0.25) is 0 Å². The summed E-state index contributed by atoms with van der Waals surface area (Å²) in [4.78, 5) is 10.5. The SMILES string of the molecule is CC(C)c1cccc(OC(=O)Cl)c1Cl. The molecule has 0 heterocycles. The zero-order chi connectivity index (χ0) is 10.7. The average molecular weight is 233 g/mol. The van der Waals surface area contributed by atoms with Gasteiger partial charge in [-0.05, 0) is 17.5 Å². The van der Waals surface area contributed by atoms with Gasteiger partial charge in [0.05, 0.1) is 5.02 Å². The molecule has 0 aliphatic rings. The second-order valence-electron chi connectivity index (χ2n) is 3.15. The molecule has 4 heteroatoms. The zero-order valence-electron chi connectivity index (χ0n) is 7.88. The first-order valence-electron chi connectivity index (χ1n) is 4.18. The lowest BCUT2D eigenvalue weighted by Crippen LogP contribution is -1.99. The van der Waals surface area contributed by atoms with Crippen LogP contribution in [0, 0.1) is 0 Å². The van der Waals surface area contributed by atoms with Crippen molar-refractivity contribution in [1.29, 1.82) is 0 Å². The van der Waals surface area contributed by atoms with Gasteiger partial charge in [-0.25, -0.2) is 4.79 Å². The Labute approximate surface area is 92.8 Å². The summed E-state index contributed by atoms with van der Waals surface area (Å²) >= 11 is 11.1. The first kappa shape index (κ1) is 11.3. The van der Waals surface area contributed by atoms with E-state index in [4.69, 9.17) is 27.9 Å². The lowest BCUT2D eigenvalue weighted by molar-refractivity contribution is 0.225. The summed E-state index contributed by atoms with van der Waals surface area (Å²) in [6.45, 7) is 4.01. The highest BCUT2D eigenvalue weighted by molar-refractivity contribution is 6.61. The van der Waals surface area contributed by atoms with Gasteiger partial charge < -0.3 is 4.74 Å². The van der Waals surface area contributed by atoms with Gasteiger partial charge in [-0.1, -0.05) is 37.6 Å². The van der Waals surface area contributed by atoms with Crippen molar-refractivity contribution in [2.75, 3.05) is 0 Å². The maximum atomic E-state index is 10.5. The zero-order valence-corrected chi connectivity index (χ0v) is 9.39. The van der Waals surface area contributed by atoms with Crippen LogP contribution in [0.3, 0.4) is 0 Å². The Balaban J connectivity index is 3.07. The van der Waals surface area contributed by atoms with Gasteiger partial charge in [-0.2, -0.15) is 0 Å². The molecule has 1 aromatic carbocycles. The first-order chi connectivity index (χ1) is 6.52. The number of carbonyl (C=O) groups excluding carboxylic acids is 1. The molecule has 0 radical (unpaired) electrons. The van der Waals surface area contributed by atoms with E-state index in [1.54, 1.807) is 12.1 Å². The Morgan fingerprint density at radius 3 is 2.57 bits per heavy atom. The maximum Gasteiger partial charge on any atom is 0.409 e. The predicted octanol–water partition coefficient (Wildman–Crippen LogP) is 4.20. The highest BCUT2D eigenvalue weighted by Gasteiger charge is 2.11. The summed E-state index contributed by atoms with van der Waals surface area (Å²) in [5, 5.41) is 0.441. The smallest absolute Gasteiger partial charge is 0.409 e. The van der Waals surface area contributed by atoms with Gasteiger partial charge >= 0.3 is 5.43 Å². The van der Waals surface area contributed by atoms with Crippen LogP contribution < -0.4 is 4.74 Å². The summed E-state index contributed by atoms with van der Waals surface area (Å²) in [5.41, 5.74) is 0.0508. The van der Waals surface area contributed by atoms with E-state index in [0.29, 0.717) is 10.8 Å². The molecule has 76 valence electrons. The van der Waals surface area contributed by atoms with E-state index in [2.05, 4.69) is 0 Å². The molecular formula is C10H10Cl2O2. The summed E-state index contributed by atoms with van der Waals surface area (Å²) in [6.07, 6.45) is 0. The Hall–Kier alpha value is -0.730. The minimum Gasteiger partial charge on any atom is -0.413 e. The Morgan fingerprint density at radius 2 is 2.07 bits per heavy atom. The van der Waals surface area contributed by atoms with Crippen LogP contribution in [0.4, 0.5) is 4.79 Å². The second-order valence-corrected chi connectivity index (χ2v) is 3.84. The minimum atomic E-state index is -0.882. The van der Waals surface area contributed by atoms with Crippen LogP contribution in [-0.4, -0.2) is 5.43 Å². The molecule has 0 N–H and O–H groups in total. The number of carbonyl (C=O) groups is 1. The average Bonchev–Trinajstić information content (AvgIpc) is 2.07. The molecule has 0 fully saturated rings. The lowest BCUT2D eigenvalue weighted by atomic mass is 10.0. The fourth-order valence-electron chi connectivity index (χ4n) is 1.14. The minimum absolute atomic E-state index is 0.275. The third-order valence-corrected chi connectivity index (χ3v) is 2.29. The topological polar surface area (TPSA) is 26.3 Å². The van der Waals surface area contributed by atoms with Gasteiger partial charge in [0.2, 0.25) is 0 Å². The molecule has 0 bridgehead atoms. The van der Waals surface area contributed by atoms with Crippen molar-refractivity contribution >= 4 is 28.6 Å². The third kappa shape index (κ3) is 2.63. The molecule has 0 unspecified atom stereocenters. The molecular weight excluding hydrogens is 223 g/mol. The van der Waals surface area contributed by atoms with E-state index in [1.807, 2.05) is 19.9 Å². The maximum absolute atomic E-state index is 10.5.